The number of fused-ring (bicyclic) bond motifs is 3. The van der Waals surface area contributed by atoms with Gasteiger partial charge in [0.1, 0.15) is 12.9 Å². The quantitative estimate of drug-likeness (QED) is 0.257. The number of aromatic nitrogens is 7. The highest BCUT2D eigenvalue weighted by atomic mass is 16.5. The van der Waals surface area contributed by atoms with E-state index in [1.165, 1.54) is 50.3 Å². The fourth-order valence-electron chi connectivity index (χ4n) is 9.72. The number of methoxy groups -OCH3 is 1. The Labute approximate surface area is 302 Å². The predicted molar refractivity (Wildman–Crippen MR) is 192 cm³/mol. The fourth-order valence-corrected chi connectivity index (χ4v) is 9.72. The Morgan fingerprint density at radius 2 is 1.90 bits per heavy atom. The predicted octanol–water partition coefficient (Wildman–Crippen LogP) is 4.19. The van der Waals surface area contributed by atoms with E-state index in [9.17, 15) is 19.5 Å². The summed E-state index contributed by atoms with van der Waals surface area (Å²) in [6.45, 7) is 9.26. The zero-order valence-electron chi connectivity index (χ0n) is 30.6. The highest BCUT2D eigenvalue weighted by Crippen LogP contribution is 2.59. The fraction of sp³-hybridized carbons (Fsp3) is 0.579. The van der Waals surface area contributed by atoms with Crippen molar-refractivity contribution in [3.63, 3.8) is 0 Å². The molecule has 0 radical (unpaired) electrons. The molecule has 5 heterocycles. The number of aromatic hydroxyl groups is 1. The van der Waals surface area contributed by atoms with Crippen molar-refractivity contribution in [2.45, 2.75) is 96.9 Å². The van der Waals surface area contributed by atoms with E-state index in [1.54, 1.807) is 30.2 Å². The number of aryl methyl sites for hydroxylation is 1. The number of nitrogens with zero attached hydrogens (tertiary/aromatic N) is 8. The Bertz CT molecular complexity index is 2150. The van der Waals surface area contributed by atoms with E-state index < -0.39 is 10.8 Å². The van der Waals surface area contributed by atoms with Gasteiger partial charge in [0.25, 0.3) is 5.91 Å². The summed E-state index contributed by atoms with van der Waals surface area (Å²) in [6, 6.07) is 3.44. The van der Waals surface area contributed by atoms with Crippen LogP contribution in [0.1, 0.15) is 105 Å². The molecular formula is C38H47N9O5. The number of carbonyl (C=O) groups excluding carboxylic acids is 2. The first-order chi connectivity index (χ1) is 24.9. The van der Waals surface area contributed by atoms with Gasteiger partial charge in [0.15, 0.2) is 22.6 Å². The molecular weight excluding hydrogens is 662 g/mol. The molecule has 2 saturated carbocycles. The lowest BCUT2D eigenvalue weighted by Gasteiger charge is -2.52. The van der Waals surface area contributed by atoms with E-state index in [0.29, 0.717) is 66.4 Å². The molecule has 3 fully saturated rings. The van der Waals surface area contributed by atoms with Gasteiger partial charge in [0.05, 0.1) is 18.5 Å². The number of hydrogen-bond acceptors (Lipinski definition) is 10. The standard InChI is InChI=1S/C38H47N9O5/c1-22-18-38(13-16-45(20-36(38,3)4)35(51)30-32(49)23(2)41-21-42-30)28-31(22)46(19-26(48)39-15-12-37(10-6-11-37)24-7-8-24)34-29(33(28)50)43-47(44-34)25-9-14-40-27(17-25)52-5/h9,14,17,21-22,24,49H,6-8,10-13,15-16,18-20H2,1-5H3,(H,39,48)/t22-,38-/m0/s1. The molecule has 14 nitrogen and oxygen atoms in total. The van der Waals surface area contributed by atoms with Gasteiger partial charge < -0.3 is 24.6 Å². The summed E-state index contributed by atoms with van der Waals surface area (Å²) in [4.78, 5) is 57.8. The van der Waals surface area contributed by atoms with Gasteiger partial charge in [0.2, 0.25) is 17.2 Å². The van der Waals surface area contributed by atoms with Gasteiger partial charge in [-0.05, 0) is 80.6 Å². The molecule has 14 heteroatoms. The first-order valence-electron chi connectivity index (χ1n) is 18.5. The summed E-state index contributed by atoms with van der Waals surface area (Å²) in [5.74, 6) is 0.397. The van der Waals surface area contributed by atoms with Crippen molar-refractivity contribution in [2.75, 3.05) is 26.7 Å². The maximum Gasteiger partial charge on any atom is 0.276 e. The molecule has 1 aliphatic heterocycles. The molecule has 4 aromatic rings. The first kappa shape index (κ1) is 34.2. The van der Waals surface area contributed by atoms with Crippen molar-refractivity contribution in [3.8, 4) is 17.3 Å². The Balaban J connectivity index is 1.18. The number of likely N-dealkylation sites (tertiary alicyclic amines) is 1. The zero-order valence-corrected chi connectivity index (χ0v) is 30.6. The SMILES string of the molecule is COc1cc(-n2nc3c(=O)c4c(n(CC(=O)NCCC5(C6CC6)CCC5)c3n2)[C@@H](C)C[C@@]42CCN(C(=O)c3ncnc(C)c3O)CC2(C)C)ccn1. The van der Waals surface area contributed by atoms with E-state index in [1.807, 2.05) is 4.57 Å². The van der Waals surface area contributed by atoms with Crippen molar-refractivity contribution >= 4 is 23.0 Å². The van der Waals surface area contributed by atoms with E-state index in [2.05, 4.69) is 41.0 Å². The summed E-state index contributed by atoms with van der Waals surface area (Å²) in [5.41, 5.74) is 1.88. The summed E-state index contributed by atoms with van der Waals surface area (Å²) in [5, 5.41) is 23.4. The van der Waals surface area contributed by atoms with Crippen molar-refractivity contribution < 1.29 is 19.4 Å². The lowest BCUT2D eigenvalue weighted by molar-refractivity contribution is -0.121. The summed E-state index contributed by atoms with van der Waals surface area (Å²) in [6.07, 6.45) is 11.4. The molecule has 3 aliphatic carbocycles. The van der Waals surface area contributed by atoms with E-state index in [0.717, 1.165) is 18.0 Å². The minimum absolute atomic E-state index is 0.00566. The first-order valence-corrected chi connectivity index (χ1v) is 18.5. The molecule has 1 saturated heterocycles. The number of piperidine rings is 1. The number of rotatable bonds is 9. The molecule has 2 atom stereocenters. The van der Waals surface area contributed by atoms with Crippen LogP contribution in [0.5, 0.6) is 11.6 Å². The van der Waals surface area contributed by atoms with Gasteiger partial charge in [-0.25, -0.2) is 15.0 Å². The number of ether oxygens (including phenoxy) is 1. The van der Waals surface area contributed by atoms with Crippen LogP contribution in [0.3, 0.4) is 0 Å². The third-order valence-electron chi connectivity index (χ3n) is 12.8. The van der Waals surface area contributed by atoms with Gasteiger partial charge in [0, 0.05) is 48.6 Å². The van der Waals surface area contributed by atoms with Crippen LogP contribution in [0.4, 0.5) is 0 Å². The van der Waals surface area contributed by atoms with Crippen molar-refractivity contribution in [1.29, 1.82) is 0 Å². The number of pyridine rings is 2. The maximum absolute atomic E-state index is 14.8. The van der Waals surface area contributed by atoms with Crippen LogP contribution in [0.15, 0.2) is 29.5 Å². The van der Waals surface area contributed by atoms with Crippen molar-refractivity contribution in [2.24, 2.45) is 16.7 Å². The molecule has 4 aromatic heterocycles. The van der Waals surface area contributed by atoms with Crippen molar-refractivity contribution in [1.82, 2.24) is 44.7 Å². The topological polar surface area (TPSA) is 170 Å². The molecule has 0 unspecified atom stereocenters. The minimum atomic E-state index is -0.615. The summed E-state index contributed by atoms with van der Waals surface area (Å²) >= 11 is 0. The smallest absolute Gasteiger partial charge is 0.276 e. The minimum Gasteiger partial charge on any atom is -0.504 e. The zero-order chi connectivity index (χ0) is 36.6. The molecule has 8 rings (SSSR count). The van der Waals surface area contributed by atoms with Crippen LogP contribution < -0.4 is 15.5 Å². The second-order valence-corrected chi connectivity index (χ2v) is 16.2. The molecule has 274 valence electrons. The number of hydrogen-bond donors (Lipinski definition) is 2. The third-order valence-corrected chi connectivity index (χ3v) is 12.8. The highest BCUT2D eigenvalue weighted by molar-refractivity contribution is 5.95. The van der Waals surface area contributed by atoms with Gasteiger partial charge in [-0.2, -0.15) is 0 Å². The summed E-state index contributed by atoms with van der Waals surface area (Å²) in [7, 11) is 1.53. The third kappa shape index (κ3) is 5.35. The van der Waals surface area contributed by atoms with E-state index in [4.69, 9.17) is 14.9 Å². The van der Waals surface area contributed by atoms with E-state index in [-0.39, 0.29) is 46.7 Å². The molecule has 0 aromatic carbocycles. The maximum atomic E-state index is 14.8. The van der Waals surface area contributed by atoms with Crippen molar-refractivity contribution in [3.05, 3.63) is 57.5 Å². The number of carbonyl (C=O) groups is 2. The monoisotopic (exact) mass is 709 g/mol. The lowest BCUT2D eigenvalue weighted by atomic mass is 9.58. The van der Waals surface area contributed by atoms with Gasteiger partial charge >= 0.3 is 0 Å². The van der Waals surface area contributed by atoms with Gasteiger partial charge in [-0.3, -0.25) is 14.4 Å². The Morgan fingerprint density at radius 3 is 2.60 bits per heavy atom. The van der Waals surface area contributed by atoms with Crippen LogP contribution in [-0.4, -0.2) is 83.1 Å². The van der Waals surface area contributed by atoms with Crippen LogP contribution in [0, 0.1) is 23.7 Å². The van der Waals surface area contributed by atoms with E-state index >= 15 is 0 Å². The van der Waals surface area contributed by atoms with Crippen LogP contribution in [-0.2, 0) is 16.8 Å². The average molecular weight is 710 g/mol. The lowest BCUT2D eigenvalue weighted by Crippen LogP contribution is -2.57. The molecule has 2 N–H and O–H groups in total. The normalized spacial score (nSPS) is 23.0. The number of amides is 2. The Morgan fingerprint density at radius 1 is 1.12 bits per heavy atom. The molecule has 52 heavy (non-hydrogen) atoms. The average Bonchev–Trinajstić information content (AvgIpc) is 3.77. The van der Waals surface area contributed by atoms with Gasteiger partial charge in [-0.1, -0.05) is 27.2 Å². The summed E-state index contributed by atoms with van der Waals surface area (Å²) < 4.78 is 7.25. The van der Waals surface area contributed by atoms with Crippen LogP contribution in [0.2, 0.25) is 0 Å². The molecule has 1 spiro atoms. The molecule has 0 bridgehead atoms. The Kier molecular flexibility index (Phi) is 8.14. The highest BCUT2D eigenvalue weighted by Gasteiger charge is 2.58. The number of nitrogens with one attached hydrogen (secondary N) is 1. The Hall–Kier alpha value is -4.88. The molecule has 4 aliphatic rings. The second kappa shape index (κ2) is 12.4. The molecule has 2 amide bonds. The van der Waals surface area contributed by atoms with Crippen LogP contribution >= 0.6 is 0 Å². The second-order valence-electron chi connectivity index (χ2n) is 16.2. The largest absolute Gasteiger partial charge is 0.504 e. The van der Waals surface area contributed by atoms with Gasteiger partial charge in [-0.15, -0.1) is 15.0 Å². The van der Waals surface area contributed by atoms with Crippen LogP contribution in [0.25, 0.3) is 16.9 Å².